The maximum absolute atomic E-state index is 11.9. The van der Waals surface area contributed by atoms with Crippen molar-refractivity contribution in [2.45, 2.75) is 46.1 Å². The van der Waals surface area contributed by atoms with Gasteiger partial charge < -0.3 is 15.7 Å². The van der Waals surface area contributed by atoms with Gasteiger partial charge in [0.05, 0.1) is 12.5 Å². The van der Waals surface area contributed by atoms with Crippen molar-refractivity contribution in [3.8, 4) is 0 Å². The second-order valence-electron chi connectivity index (χ2n) is 4.89. The molecule has 0 aromatic carbocycles. The molecule has 0 saturated carbocycles. The van der Waals surface area contributed by atoms with Gasteiger partial charge in [-0.05, 0) is 33.4 Å². The lowest BCUT2D eigenvalue weighted by Crippen LogP contribution is -2.44. The fourth-order valence-corrected chi connectivity index (χ4v) is 1.76. The van der Waals surface area contributed by atoms with Crippen molar-refractivity contribution < 1.29 is 19.5 Å². The molecule has 2 amide bonds. The van der Waals surface area contributed by atoms with Crippen LogP contribution in [0.25, 0.3) is 0 Å². The highest BCUT2D eigenvalue weighted by Crippen LogP contribution is 2.06. The first-order valence-corrected chi connectivity index (χ1v) is 6.75. The molecule has 7 nitrogen and oxygen atoms in total. The van der Waals surface area contributed by atoms with E-state index in [1.54, 1.807) is 0 Å². The summed E-state index contributed by atoms with van der Waals surface area (Å²) in [4.78, 5) is 34.8. The fraction of sp³-hybridized carbons (Fsp3) is 0.786. The predicted octanol–water partition coefficient (Wildman–Crippen LogP) is 0.450. The van der Waals surface area contributed by atoms with Crippen molar-refractivity contribution >= 4 is 17.8 Å². The van der Waals surface area contributed by atoms with Crippen molar-refractivity contribution in [1.82, 2.24) is 15.5 Å². The second kappa shape index (κ2) is 12.1. The van der Waals surface area contributed by atoms with Crippen LogP contribution in [-0.4, -0.2) is 61.0 Å². The number of nitrogens with zero attached hydrogens (tertiary/aromatic N) is 1. The lowest BCUT2D eigenvalue weighted by Gasteiger charge is -2.23. The molecule has 0 fully saturated rings. The van der Waals surface area contributed by atoms with Crippen LogP contribution in [0.5, 0.6) is 0 Å². The highest BCUT2D eigenvalue weighted by molar-refractivity contribution is 5.82. The quantitative estimate of drug-likeness (QED) is 0.309. The molecule has 1 atom stereocenters. The first-order valence-electron chi connectivity index (χ1n) is 6.75. The molecule has 0 bridgehead atoms. The highest BCUT2D eigenvalue weighted by Gasteiger charge is 2.19. The van der Waals surface area contributed by atoms with Crippen LogP contribution >= 0.6 is 0 Å². The van der Waals surface area contributed by atoms with E-state index < -0.39 is 5.97 Å². The predicted molar refractivity (Wildman–Crippen MR) is 82.0 cm³/mol. The monoisotopic (exact) mass is 307 g/mol. The van der Waals surface area contributed by atoms with E-state index in [2.05, 4.69) is 10.6 Å². The number of carboxylic acid groups (broad SMARTS) is 1. The van der Waals surface area contributed by atoms with E-state index in [9.17, 15) is 14.4 Å². The molecule has 0 radical (unpaired) electrons. The first kappa shape index (κ1) is 21.7. The van der Waals surface area contributed by atoms with Crippen LogP contribution in [-0.2, 0) is 14.4 Å². The normalized spacial score (nSPS) is 11.4. The van der Waals surface area contributed by atoms with Crippen molar-refractivity contribution in [1.29, 1.82) is 0 Å². The summed E-state index contributed by atoms with van der Waals surface area (Å²) in [7, 11) is 3.63. The van der Waals surface area contributed by atoms with Crippen LogP contribution in [0.15, 0.2) is 0 Å². The first-order chi connectivity index (χ1) is 9.34. The SMILES string of the molecule is C[15N](C)C(CCCCNC([13CH3])=O)C(=O)N[13CH2]CC(=O)O.[13CH4]. The standard InChI is InChI=1S/C13H25N3O4.CH4/c1-10(17)14-8-5-4-6-11(16(2)3)13(20)15-9-7-12(18)19;/h11H,4-9H2,1-3H3,(H,14,17)(H,15,20)(H,18,19);1H4/i1+1,9+1,16+1;1+1. The third-order valence-electron chi connectivity index (χ3n) is 2.84. The molecule has 3 N–H and O–H groups in total. The van der Waals surface area contributed by atoms with Crippen molar-refractivity contribution in [3.05, 3.63) is 0 Å². The zero-order valence-electron chi connectivity index (χ0n) is 12.4. The third kappa shape index (κ3) is 11.9. The number of likely N-dealkylation sites (N-methyl/N-ethyl adjacent to an activating group) is 1. The van der Waals surface area contributed by atoms with Gasteiger partial charge in [-0.25, -0.2) is 0 Å². The molecule has 124 valence electrons. The Balaban J connectivity index is 0. The average Bonchev–Trinajstić information content (AvgIpc) is 2.32. The molecule has 0 spiro atoms. The minimum atomic E-state index is -0.929. The Labute approximate surface area is 127 Å². The fourth-order valence-electron chi connectivity index (χ4n) is 1.76. The molecule has 0 saturated heterocycles. The van der Waals surface area contributed by atoms with E-state index in [-0.39, 0.29) is 38.2 Å². The van der Waals surface area contributed by atoms with Gasteiger partial charge in [0.25, 0.3) is 0 Å². The van der Waals surface area contributed by atoms with Crippen LogP contribution in [0.1, 0.15) is 40.0 Å². The third-order valence-corrected chi connectivity index (χ3v) is 2.84. The molecule has 0 aliphatic carbocycles. The van der Waals surface area contributed by atoms with E-state index in [0.717, 1.165) is 12.8 Å². The highest BCUT2D eigenvalue weighted by atomic mass is 16.4. The molecule has 0 aromatic rings. The number of nitrogens with one attached hydrogen (secondary N) is 2. The summed E-state index contributed by atoms with van der Waals surface area (Å²) in [6.45, 7) is 2.22. The van der Waals surface area contributed by atoms with Crippen molar-refractivity contribution in [3.63, 3.8) is 0 Å². The molecular weight excluding hydrogens is 278 g/mol. The van der Waals surface area contributed by atoms with E-state index >= 15 is 0 Å². The zero-order valence-corrected chi connectivity index (χ0v) is 12.4. The maximum atomic E-state index is 11.9. The summed E-state index contributed by atoms with van der Waals surface area (Å²) < 4.78 is 0. The molecule has 0 aliphatic heterocycles. The van der Waals surface area contributed by atoms with Gasteiger partial charge in [-0.15, -0.1) is 0 Å². The molecule has 0 aromatic heterocycles. The van der Waals surface area contributed by atoms with Gasteiger partial charge in [0.15, 0.2) is 0 Å². The topological polar surface area (TPSA) is 98.7 Å². The minimum Gasteiger partial charge on any atom is -0.481 e. The second-order valence-corrected chi connectivity index (χ2v) is 4.89. The number of carboxylic acids is 1. The van der Waals surface area contributed by atoms with E-state index in [1.807, 2.05) is 19.0 Å². The van der Waals surface area contributed by atoms with Crippen LogP contribution in [0.2, 0.25) is 0 Å². The van der Waals surface area contributed by atoms with Gasteiger partial charge >= 0.3 is 5.97 Å². The maximum Gasteiger partial charge on any atom is 0.305 e. The Bertz CT molecular complexity index is 332. The Hall–Kier alpha value is -1.63. The minimum absolute atomic E-state index is 0. The number of aliphatic carboxylic acids is 1. The number of amides is 2. The summed E-state index contributed by atoms with van der Waals surface area (Å²) >= 11 is 0. The Morgan fingerprint density at radius 3 is 2.19 bits per heavy atom. The van der Waals surface area contributed by atoms with Crippen LogP contribution < -0.4 is 10.6 Å². The number of hydrogen-bond acceptors (Lipinski definition) is 4. The average molecular weight is 307 g/mol. The summed E-state index contributed by atoms with van der Waals surface area (Å²) in [5.41, 5.74) is 0. The van der Waals surface area contributed by atoms with Gasteiger partial charge in [-0.1, -0.05) is 7.43 Å². The Morgan fingerprint density at radius 2 is 1.71 bits per heavy atom. The largest absolute Gasteiger partial charge is 0.481 e. The summed E-state index contributed by atoms with van der Waals surface area (Å²) in [5.74, 6) is -1.14. The molecule has 0 heterocycles. The van der Waals surface area contributed by atoms with Gasteiger partial charge in [0, 0.05) is 20.0 Å². The lowest BCUT2D eigenvalue weighted by atomic mass is 10.1. The molecule has 21 heavy (non-hydrogen) atoms. The number of carbonyl (C=O) groups excluding carboxylic acids is 2. The van der Waals surface area contributed by atoms with Crippen LogP contribution in [0.4, 0.5) is 0 Å². The molecular formula is C14H29N3O4. The molecule has 1 unspecified atom stereocenters. The number of carbonyl (C=O) groups is 3. The Kier molecular flexibility index (Phi) is 12.5. The molecule has 0 rings (SSSR count). The van der Waals surface area contributed by atoms with Crippen molar-refractivity contribution in [2.75, 3.05) is 27.2 Å². The Morgan fingerprint density at radius 1 is 1.10 bits per heavy atom. The lowest BCUT2D eigenvalue weighted by molar-refractivity contribution is -0.137. The van der Waals surface area contributed by atoms with Gasteiger partial charge in [-0.3, -0.25) is 19.3 Å². The van der Waals surface area contributed by atoms with E-state index in [4.69, 9.17) is 5.11 Å². The molecule has 0 aliphatic rings. The number of rotatable bonds is 10. The summed E-state index contributed by atoms with van der Waals surface area (Å²) in [6.07, 6.45) is 2.22. The summed E-state index contributed by atoms with van der Waals surface area (Å²) in [6, 6.07) is -0.277. The number of hydrogen-bond donors (Lipinski definition) is 3. The van der Waals surface area contributed by atoms with Crippen LogP contribution in [0.3, 0.4) is 0 Å². The van der Waals surface area contributed by atoms with E-state index in [0.29, 0.717) is 13.0 Å². The zero-order chi connectivity index (χ0) is 15.5. The number of unbranched alkanes of at least 4 members (excludes halogenated alkanes) is 1. The smallest absolute Gasteiger partial charge is 0.305 e. The van der Waals surface area contributed by atoms with E-state index in [1.165, 1.54) is 6.92 Å². The van der Waals surface area contributed by atoms with Gasteiger partial charge in [0.2, 0.25) is 11.8 Å². The molecule has 7 heteroatoms. The van der Waals surface area contributed by atoms with Crippen LogP contribution in [0, 0.1) is 0 Å². The van der Waals surface area contributed by atoms with Gasteiger partial charge in [-0.2, -0.15) is 0 Å². The van der Waals surface area contributed by atoms with Gasteiger partial charge in [0.1, 0.15) is 0 Å². The van der Waals surface area contributed by atoms with Crippen molar-refractivity contribution in [2.24, 2.45) is 0 Å². The summed E-state index contributed by atoms with van der Waals surface area (Å²) in [5, 5.41) is 13.9.